The SMILES string of the molecule is Cc1ccc(OCC(=O)N2CCN(C(=O)C(C)(C)C)CC2)c(C(C)(C)C)c1. The number of carbonyl (C=O) groups excluding carboxylic acids is 2. The smallest absolute Gasteiger partial charge is 0.260 e. The highest BCUT2D eigenvalue weighted by Crippen LogP contribution is 2.32. The van der Waals surface area contributed by atoms with Crippen LogP contribution in [-0.2, 0) is 15.0 Å². The zero-order chi connectivity index (χ0) is 20.4. The summed E-state index contributed by atoms with van der Waals surface area (Å²) in [6.07, 6.45) is 0. The number of hydrogen-bond acceptors (Lipinski definition) is 3. The van der Waals surface area contributed by atoms with Gasteiger partial charge in [0, 0.05) is 31.6 Å². The summed E-state index contributed by atoms with van der Waals surface area (Å²) in [6.45, 7) is 16.6. The van der Waals surface area contributed by atoms with E-state index in [1.165, 1.54) is 5.56 Å². The summed E-state index contributed by atoms with van der Waals surface area (Å²) in [5.41, 5.74) is 1.85. The second-order valence-electron chi connectivity index (χ2n) is 9.46. The predicted octanol–water partition coefficient (Wildman–Crippen LogP) is 3.39. The highest BCUT2D eigenvalue weighted by atomic mass is 16.5. The minimum absolute atomic E-state index is 0.0271. The fraction of sp³-hybridized carbons (Fsp3) is 0.636. The van der Waals surface area contributed by atoms with Gasteiger partial charge in [0.15, 0.2) is 6.61 Å². The summed E-state index contributed by atoms with van der Waals surface area (Å²) in [5, 5.41) is 0. The van der Waals surface area contributed by atoms with Crippen LogP contribution in [0.5, 0.6) is 5.75 Å². The number of carbonyl (C=O) groups is 2. The number of piperazine rings is 1. The van der Waals surface area contributed by atoms with Crippen molar-refractivity contribution in [1.82, 2.24) is 9.80 Å². The first-order valence-corrected chi connectivity index (χ1v) is 9.70. The Morgan fingerprint density at radius 3 is 2.04 bits per heavy atom. The Balaban J connectivity index is 1.94. The van der Waals surface area contributed by atoms with Crippen molar-refractivity contribution in [3.05, 3.63) is 29.3 Å². The molecule has 1 fully saturated rings. The van der Waals surface area contributed by atoms with Crippen LogP contribution in [0.4, 0.5) is 0 Å². The minimum atomic E-state index is -0.385. The first-order valence-electron chi connectivity index (χ1n) is 9.70. The molecule has 2 rings (SSSR count). The van der Waals surface area contributed by atoms with Gasteiger partial charge in [-0.3, -0.25) is 9.59 Å². The summed E-state index contributed by atoms with van der Waals surface area (Å²) in [7, 11) is 0. The summed E-state index contributed by atoms with van der Waals surface area (Å²) in [6, 6.07) is 6.08. The summed E-state index contributed by atoms with van der Waals surface area (Å²) in [4.78, 5) is 28.6. The van der Waals surface area contributed by atoms with Gasteiger partial charge >= 0.3 is 0 Å². The lowest BCUT2D eigenvalue weighted by Gasteiger charge is -2.37. The maximum Gasteiger partial charge on any atom is 0.260 e. The van der Waals surface area contributed by atoms with E-state index in [0.29, 0.717) is 26.2 Å². The Kier molecular flexibility index (Phi) is 6.23. The van der Waals surface area contributed by atoms with Gasteiger partial charge in [0.05, 0.1) is 0 Å². The lowest BCUT2D eigenvalue weighted by Crippen LogP contribution is -2.53. The molecule has 0 aromatic heterocycles. The Morgan fingerprint density at radius 1 is 0.963 bits per heavy atom. The fourth-order valence-corrected chi connectivity index (χ4v) is 3.22. The topological polar surface area (TPSA) is 49.9 Å². The maximum absolute atomic E-state index is 12.6. The molecule has 0 radical (unpaired) electrons. The molecule has 1 heterocycles. The minimum Gasteiger partial charge on any atom is -0.483 e. The quantitative estimate of drug-likeness (QED) is 0.815. The lowest BCUT2D eigenvalue weighted by atomic mass is 9.85. The molecular weight excluding hydrogens is 340 g/mol. The average Bonchev–Trinajstić information content (AvgIpc) is 2.58. The monoisotopic (exact) mass is 374 g/mol. The maximum atomic E-state index is 12.6. The summed E-state index contributed by atoms with van der Waals surface area (Å²) in [5.74, 6) is 0.876. The van der Waals surface area contributed by atoms with Crippen LogP contribution in [0.25, 0.3) is 0 Å². The van der Waals surface area contributed by atoms with Gasteiger partial charge in [0.1, 0.15) is 5.75 Å². The molecule has 5 nitrogen and oxygen atoms in total. The molecule has 1 aliphatic rings. The van der Waals surface area contributed by atoms with Crippen molar-refractivity contribution in [2.45, 2.75) is 53.9 Å². The van der Waals surface area contributed by atoms with E-state index >= 15 is 0 Å². The van der Waals surface area contributed by atoms with Gasteiger partial charge < -0.3 is 14.5 Å². The van der Waals surface area contributed by atoms with E-state index in [4.69, 9.17) is 4.74 Å². The molecule has 0 atom stereocenters. The average molecular weight is 375 g/mol. The number of amides is 2. The normalized spacial score (nSPS) is 15.7. The van der Waals surface area contributed by atoms with E-state index < -0.39 is 0 Å². The van der Waals surface area contributed by atoms with Crippen molar-refractivity contribution in [2.75, 3.05) is 32.8 Å². The van der Waals surface area contributed by atoms with Gasteiger partial charge in [-0.2, -0.15) is 0 Å². The van der Waals surface area contributed by atoms with Gasteiger partial charge in [-0.15, -0.1) is 0 Å². The van der Waals surface area contributed by atoms with Crippen molar-refractivity contribution in [2.24, 2.45) is 5.41 Å². The molecule has 1 saturated heterocycles. The zero-order valence-corrected chi connectivity index (χ0v) is 17.9. The third-order valence-corrected chi connectivity index (χ3v) is 4.86. The Bertz CT molecular complexity index is 690. The highest BCUT2D eigenvalue weighted by molar-refractivity contribution is 5.82. The third kappa shape index (κ3) is 5.47. The van der Waals surface area contributed by atoms with E-state index in [1.807, 2.05) is 37.8 Å². The third-order valence-electron chi connectivity index (χ3n) is 4.86. The van der Waals surface area contributed by atoms with E-state index in [-0.39, 0.29) is 29.3 Å². The molecular formula is C22H34N2O3. The molecule has 150 valence electrons. The van der Waals surface area contributed by atoms with Crippen LogP contribution in [-0.4, -0.2) is 54.4 Å². The molecule has 0 aliphatic carbocycles. The summed E-state index contributed by atoms with van der Waals surface area (Å²) >= 11 is 0. The van der Waals surface area contributed by atoms with Crippen molar-refractivity contribution in [1.29, 1.82) is 0 Å². The van der Waals surface area contributed by atoms with Crippen molar-refractivity contribution in [3.8, 4) is 5.75 Å². The Labute approximate surface area is 163 Å². The lowest BCUT2D eigenvalue weighted by molar-refractivity contribution is -0.145. The van der Waals surface area contributed by atoms with Crippen LogP contribution >= 0.6 is 0 Å². The molecule has 2 amide bonds. The highest BCUT2D eigenvalue weighted by Gasteiger charge is 2.31. The van der Waals surface area contributed by atoms with Crippen LogP contribution in [0.2, 0.25) is 0 Å². The van der Waals surface area contributed by atoms with Gasteiger partial charge in [-0.25, -0.2) is 0 Å². The molecule has 1 aromatic rings. The number of hydrogen-bond donors (Lipinski definition) is 0. The van der Waals surface area contributed by atoms with Crippen LogP contribution in [0.3, 0.4) is 0 Å². The molecule has 0 N–H and O–H groups in total. The number of aryl methyl sites for hydroxylation is 1. The van der Waals surface area contributed by atoms with Gasteiger partial charge in [0.2, 0.25) is 5.91 Å². The van der Waals surface area contributed by atoms with E-state index in [0.717, 1.165) is 11.3 Å². The fourth-order valence-electron chi connectivity index (χ4n) is 3.22. The van der Waals surface area contributed by atoms with Crippen molar-refractivity contribution < 1.29 is 14.3 Å². The molecule has 0 unspecified atom stereocenters. The van der Waals surface area contributed by atoms with Gasteiger partial charge in [-0.1, -0.05) is 59.2 Å². The molecule has 0 saturated carbocycles. The van der Waals surface area contributed by atoms with Crippen LogP contribution < -0.4 is 4.74 Å². The summed E-state index contributed by atoms with van der Waals surface area (Å²) < 4.78 is 5.89. The number of ether oxygens (including phenoxy) is 1. The molecule has 1 aromatic carbocycles. The van der Waals surface area contributed by atoms with Crippen molar-refractivity contribution in [3.63, 3.8) is 0 Å². The second kappa shape index (κ2) is 7.91. The molecule has 0 bridgehead atoms. The second-order valence-corrected chi connectivity index (χ2v) is 9.46. The number of rotatable bonds is 3. The van der Waals surface area contributed by atoms with E-state index in [1.54, 1.807) is 4.90 Å². The Hall–Kier alpha value is -2.04. The molecule has 5 heteroatoms. The van der Waals surface area contributed by atoms with Crippen molar-refractivity contribution >= 4 is 11.8 Å². The largest absolute Gasteiger partial charge is 0.483 e. The first kappa shape index (κ1) is 21.3. The predicted molar refractivity (Wildman–Crippen MR) is 108 cm³/mol. The first-order chi connectivity index (χ1) is 12.4. The number of benzene rings is 1. The molecule has 27 heavy (non-hydrogen) atoms. The van der Waals surface area contributed by atoms with Gasteiger partial charge in [0.25, 0.3) is 5.91 Å². The standard InChI is InChI=1S/C22H34N2O3/c1-16-8-9-18(17(14-16)21(2,3)4)27-15-19(25)23-10-12-24(13-11-23)20(26)22(5,6)7/h8-9,14H,10-13,15H2,1-7H3. The zero-order valence-electron chi connectivity index (χ0n) is 17.9. The Morgan fingerprint density at radius 2 is 1.52 bits per heavy atom. The molecule has 0 spiro atoms. The van der Waals surface area contributed by atoms with E-state index in [2.05, 4.69) is 33.8 Å². The van der Waals surface area contributed by atoms with Crippen LogP contribution in [0, 0.1) is 12.3 Å². The molecule has 1 aliphatic heterocycles. The van der Waals surface area contributed by atoms with Gasteiger partial charge in [-0.05, 0) is 24.0 Å². The van der Waals surface area contributed by atoms with Crippen LogP contribution in [0.1, 0.15) is 52.7 Å². The van der Waals surface area contributed by atoms with Crippen LogP contribution in [0.15, 0.2) is 18.2 Å². The van der Waals surface area contributed by atoms with E-state index in [9.17, 15) is 9.59 Å². The number of nitrogens with zero attached hydrogens (tertiary/aromatic N) is 2.